The minimum Gasteiger partial charge on any atom is -0.449 e. The van der Waals surface area contributed by atoms with E-state index in [4.69, 9.17) is 16.3 Å². The molecule has 0 aromatic heterocycles. The minimum absolute atomic E-state index is 0.000942. The van der Waals surface area contributed by atoms with Crippen LogP contribution in [0.1, 0.15) is 28.4 Å². The maximum Gasteiger partial charge on any atom is 0.340 e. The molecule has 0 aliphatic heterocycles. The van der Waals surface area contributed by atoms with Crippen molar-refractivity contribution < 1.29 is 22.7 Å². The van der Waals surface area contributed by atoms with Gasteiger partial charge in [0, 0.05) is 11.4 Å². The number of hydrogen-bond acceptors (Lipinski definition) is 5. The van der Waals surface area contributed by atoms with Gasteiger partial charge < -0.3 is 10.1 Å². The van der Waals surface area contributed by atoms with Gasteiger partial charge in [-0.2, -0.15) is 0 Å². The quantitative estimate of drug-likeness (QED) is 0.460. The predicted octanol–water partition coefficient (Wildman–Crippen LogP) is 4.94. The van der Waals surface area contributed by atoms with Crippen molar-refractivity contribution in [1.29, 1.82) is 0 Å². The van der Waals surface area contributed by atoms with Gasteiger partial charge >= 0.3 is 5.97 Å². The van der Waals surface area contributed by atoms with Crippen molar-refractivity contribution >= 4 is 44.9 Å². The first-order chi connectivity index (χ1) is 15.6. The number of benzene rings is 3. The van der Waals surface area contributed by atoms with Gasteiger partial charge in [-0.25, -0.2) is 13.2 Å². The first kappa shape index (κ1) is 24.3. The number of rotatable bonds is 7. The highest BCUT2D eigenvalue weighted by Crippen LogP contribution is 2.24. The summed E-state index contributed by atoms with van der Waals surface area (Å²) in [4.78, 5) is 25.0. The SMILES string of the molecule is Cc1cccc(NS(=O)(=O)c2ccc(Cl)c(C(=O)OC(C)C(=O)Nc3ccccc3C)c2)c1. The number of para-hydroxylation sites is 1. The van der Waals surface area contributed by atoms with Crippen LogP contribution in [0.3, 0.4) is 0 Å². The highest BCUT2D eigenvalue weighted by Gasteiger charge is 2.24. The average Bonchev–Trinajstić information content (AvgIpc) is 2.75. The molecule has 33 heavy (non-hydrogen) atoms. The molecule has 3 aromatic carbocycles. The standard InChI is InChI=1S/C24H23ClN2O5S/c1-15-7-6-9-18(13-15)27-33(30,31)19-11-12-21(25)20(14-19)24(29)32-17(3)23(28)26-22-10-5-4-8-16(22)2/h4-14,17,27H,1-3H3,(H,26,28). The van der Waals surface area contributed by atoms with Crippen LogP contribution in [0.4, 0.5) is 11.4 Å². The minimum atomic E-state index is -3.99. The van der Waals surface area contributed by atoms with Gasteiger partial charge in [0.1, 0.15) is 0 Å². The molecular weight excluding hydrogens is 464 g/mol. The molecular formula is C24H23ClN2O5S. The number of halogens is 1. The Hall–Kier alpha value is -3.36. The fourth-order valence-corrected chi connectivity index (χ4v) is 4.25. The van der Waals surface area contributed by atoms with Crippen LogP contribution in [0.25, 0.3) is 0 Å². The van der Waals surface area contributed by atoms with Gasteiger partial charge in [-0.15, -0.1) is 0 Å². The zero-order chi connectivity index (χ0) is 24.2. The number of hydrogen-bond donors (Lipinski definition) is 2. The van der Waals surface area contributed by atoms with E-state index in [0.29, 0.717) is 11.4 Å². The zero-order valence-electron chi connectivity index (χ0n) is 18.3. The molecule has 0 saturated carbocycles. The van der Waals surface area contributed by atoms with Gasteiger partial charge in [-0.05, 0) is 68.3 Å². The predicted molar refractivity (Wildman–Crippen MR) is 128 cm³/mol. The zero-order valence-corrected chi connectivity index (χ0v) is 19.8. The van der Waals surface area contributed by atoms with Crippen molar-refractivity contribution in [2.75, 3.05) is 10.0 Å². The average molecular weight is 487 g/mol. The second-order valence-electron chi connectivity index (χ2n) is 7.47. The van der Waals surface area contributed by atoms with E-state index in [1.165, 1.54) is 19.1 Å². The summed E-state index contributed by atoms with van der Waals surface area (Å²) in [7, 11) is -3.99. The van der Waals surface area contributed by atoms with Crippen LogP contribution in [0.2, 0.25) is 5.02 Å². The summed E-state index contributed by atoms with van der Waals surface area (Å²) in [5.74, 6) is -1.45. The number of carbonyl (C=O) groups is 2. The first-order valence-corrected chi connectivity index (χ1v) is 11.9. The van der Waals surface area contributed by atoms with Crippen LogP contribution in [-0.2, 0) is 19.6 Å². The Morgan fingerprint density at radius 3 is 2.39 bits per heavy atom. The largest absolute Gasteiger partial charge is 0.449 e. The van der Waals surface area contributed by atoms with Crippen LogP contribution < -0.4 is 10.0 Å². The smallest absolute Gasteiger partial charge is 0.340 e. The molecule has 1 unspecified atom stereocenters. The molecule has 7 nitrogen and oxygen atoms in total. The summed E-state index contributed by atoms with van der Waals surface area (Å²) < 4.78 is 33.3. The normalized spacial score (nSPS) is 12.0. The van der Waals surface area contributed by atoms with Crippen LogP contribution >= 0.6 is 11.6 Å². The van der Waals surface area contributed by atoms with Crippen molar-refractivity contribution in [3.8, 4) is 0 Å². The van der Waals surface area contributed by atoms with Crippen molar-refractivity contribution in [1.82, 2.24) is 0 Å². The molecule has 1 amide bonds. The van der Waals surface area contributed by atoms with Crippen molar-refractivity contribution in [3.63, 3.8) is 0 Å². The number of aryl methyl sites for hydroxylation is 2. The van der Waals surface area contributed by atoms with Gasteiger partial charge in [0.2, 0.25) is 0 Å². The van der Waals surface area contributed by atoms with E-state index in [1.807, 2.05) is 32.0 Å². The second kappa shape index (κ2) is 10.1. The molecule has 172 valence electrons. The molecule has 0 heterocycles. The van der Waals surface area contributed by atoms with Gasteiger partial charge in [0.15, 0.2) is 6.10 Å². The second-order valence-corrected chi connectivity index (χ2v) is 9.56. The number of anilines is 2. The molecule has 9 heteroatoms. The van der Waals surface area contributed by atoms with Gasteiger partial charge in [0.25, 0.3) is 15.9 Å². The summed E-state index contributed by atoms with van der Waals surface area (Å²) in [5.41, 5.74) is 2.55. The number of nitrogens with one attached hydrogen (secondary N) is 2. The van der Waals surface area contributed by atoms with Crippen molar-refractivity contribution in [3.05, 3.63) is 88.4 Å². The molecule has 0 aliphatic carbocycles. The van der Waals surface area contributed by atoms with Crippen LogP contribution in [0.5, 0.6) is 0 Å². The maximum atomic E-state index is 12.8. The van der Waals surface area contributed by atoms with E-state index >= 15 is 0 Å². The fourth-order valence-electron chi connectivity index (χ4n) is 2.98. The Bertz CT molecular complexity index is 1310. The monoisotopic (exact) mass is 486 g/mol. The van der Waals surface area contributed by atoms with E-state index in [2.05, 4.69) is 10.0 Å². The summed E-state index contributed by atoms with van der Waals surface area (Å²) >= 11 is 6.12. The first-order valence-electron chi connectivity index (χ1n) is 10.0. The van der Waals surface area contributed by atoms with E-state index in [0.717, 1.165) is 17.2 Å². The molecule has 0 bridgehead atoms. The number of amides is 1. The van der Waals surface area contributed by atoms with E-state index in [9.17, 15) is 18.0 Å². The Labute approximate surface area is 197 Å². The summed E-state index contributed by atoms with van der Waals surface area (Å²) in [6.07, 6.45) is -1.14. The highest BCUT2D eigenvalue weighted by atomic mass is 35.5. The number of sulfonamides is 1. The lowest BCUT2D eigenvalue weighted by Crippen LogP contribution is -2.30. The van der Waals surface area contributed by atoms with Gasteiger partial charge in [-0.1, -0.05) is 41.9 Å². The Kier molecular flexibility index (Phi) is 7.40. The van der Waals surface area contributed by atoms with Gasteiger partial charge in [0.05, 0.1) is 15.5 Å². The summed E-state index contributed by atoms with van der Waals surface area (Å²) in [6, 6.07) is 17.7. The third-order valence-electron chi connectivity index (χ3n) is 4.79. The number of ether oxygens (including phenoxy) is 1. The molecule has 3 aromatic rings. The molecule has 0 spiro atoms. The van der Waals surface area contributed by atoms with E-state index < -0.39 is 28.0 Å². The summed E-state index contributed by atoms with van der Waals surface area (Å²) in [5, 5.41) is 2.69. The van der Waals surface area contributed by atoms with Crippen LogP contribution in [-0.4, -0.2) is 26.4 Å². The van der Waals surface area contributed by atoms with Crippen LogP contribution in [0.15, 0.2) is 71.6 Å². The van der Waals surface area contributed by atoms with Crippen molar-refractivity contribution in [2.45, 2.75) is 31.8 Å². The molecule has 1 atom stereocenters. The lowest BCUT2D eigenvalue weighted by atomic mass is 10.2. The number of carbonyl (C=O) groups excluding carboxylic acids is 2. The molecule has 3 rings (SSSR count). The van der Waals surface area contributed by atoms with E-state index in [-0.39, 0.29) is 15.5 Å². The van der Waals surface area contributed by atoms with Crippen LogP contribution in [0, 0.1) is 13.8 Å². The molecule has 2 N–H and O–H groups in total. The maximum absolute atomic E-state index is 12.8. The van der Waals surface area contributed by atoms with Crippen molar-refractivity contribution in [2.24, 2.45) is 0 Å². The highest BCUT2D eigenvalue weighted by molar-refractivity contribution is 7.92. The molecule has 0 fully saturated rings. The topological polar surface area (TPSA) is 102 Å². The Morgan fingerprint density at radius 2 is 1.70 bits per heavy atom. The Morgan fingerprint density at radius 1 is 0.970 bits per heavy atom. The number of esters is 1. The third-order valence-corrected chi connectivity index (χ3v) is 6.50. The summed E-state index contributed by atoms with van der Waals surface area (Å²) in [6.45, 7) is 5.09. The molecule has 0 aliphatic rings. The lowest BCUT2D eigenvalue weighted by molar-refractivity contribution is -0.123. The fraction of sp³-hybridized carbons (Fsp3) is 0.167. The lowest BCUT2D eigenvalue weighted by Gasteiger charge is -2.16. The molecule has 0 radical (unpaired) electrons. The Balaban J connectivity index is 1.76. The van der Waals surface area contributed by atoms with Gasteiger partial charge in [-0.3, -0.25) is 9.52 Å². The van der Waals surface area contributed by atoms with E-state index in [1.54, 1.807) is 30.3 Å². The molecule has 0 saturated heterocycles. The third kappa shape index (κ3) is 6.12.